The van der Waals surface area contributed by atoms with Crippen LogP contribution in [-0.4, -0.2) is 48.1 Å². The molecule has 0 saturated heterocycles. The summed E-state index contributed by atoms with van der Waals surface area (Å²) in [4.78, 5) is 27.6. The molecule has 218 valence electrons. The van der Waals surface area contributed by atoms with Gasteiger partial charge in [-0.3, -0.25) is 9.59 Å². The van der Waals surface area contributed by atoms with Gasteiger partial charge in [-0.15, -0.1) is 4.36 Å². The fourth-order valence-electron chi connectivity index (χ4n) is 3.99. The van der Waals surface area contributed by atoms with Crippen molar-refractivity contribution in [2.24, 2.45) is 4.36 Å². The summed E-state index contributed by atoms with van der Waals surface area (Å²) in [5, 5.41) is 2.27. The van der Waals surface area contributed by atoms with Crippen molar-refractivity contribution >= 4 is 100 Å². The van der Waals surface area contributed by atoms with Gasteiger partial charge in [0.15, 0.2) is 10.0 Å². The van der Waals surface area contributed by atoms with Crippen molar-refractivity contribution in [3.63, 3.8) is 0 Å². The Morgan fingerprint density at radius 2 is 1.80 bits per heavy atom. The van der Waals surface area contributed by atoms with E-state index in [1.54, 1.807) is 33.7 Å². The van der Waals surface area contributed by atoms with Gasteiger partial charge in [0.05, 0.1) is 17.0 Å². The lowest BCUT2D eigenvalue weighted by Crippen LogP contribution is -2.45. The molecule has 0 aliphatic carbocycles. The largest absolute Gasteiger partial charge is 0.325 e. The molecule has 2 aromatic carbocycles. The van der Waals surface area contributed by atoms with Crippen LogP contribution in [0.3, 0.4) is 0 Å². The minimum Gasteiger partial charge on any atom is -0.325 e. The standard InChI is InChI=1S/C25H24Cl2N4O6S4/c1-4-15(9-24-30(13-22(32)28-40(2,34)35)18-11-16(26)5-7-20(18)38-24)10-25-31(14-23(33)29-41(3,36)37)19-12-17(27)6-8-21(19)39-25/h5-12H,4,13-14H2,1-3H3,(H-,28,29,32,33,34,35)/p+1. The average molecular weight is 677 g/mol. The van der Waals surface area contributed by atoms with Gasteiger partial charge >= 0.3 is 0 Å². The molecule has 10 nitrogen and oxygen atoms in total. The summed E-state index contributed by atoms with van der Waals surface area (Å²) < 4.78 is 52.4. The number of thiazole rings is 1. The number of hydrogen-bond acceptors (Lipinski definition) is 8. The number of nitrogens with one attached hydrogen (secondary N) is 1. The molecule has 41 heavy (non-hydrogen) atoms. The molecule has 0 radical (unpaired) electrons. The Labute approximate surface area is 256 Å². The van der Waals surface area contributed by atoms with Crippen LogP contribution in [0.1, 0.15) is 18.4 Å². The number of thioether (sulfide) groups is 1. The second kappa shape index (κ2) is 12.4. The van der Waals surface area contributed by atoms with Crippen LogP contribution in [-0.2, 0) is 36.2 Å². The number of rotatable bonds is 8. The van der Waals surface area contributed by atoms with Crippen LogP contribution in [0.2, 0.25) is 10.0 Å². The van der Waals surface area contributed by atoms with Crippen LogP contribution < -0.4 is 14.2 Å². The van der Waals surface area contributed by atoms with E-state index in [4.69, 9.17) is 23.2 Å². The molecule has 1 unspecified atom stereocenters. The minimum atomic E-state index is -3.75. The van der Waals surface area contributed by atoms with E-state index in [9.17, 15) is 26.8 Å². The Morgan fingerprint density at radius 3 is 2.46 bits per heavy atom. The SMILES string of the molecule is CCC(=Cc1sc2ccc(Cl)cc2[n+]1CC(=O)NS(C)(=O)=O)C=C1Sc2ccc(Cl)cc2N1CC(=O)N=S(C)(=O)O. The second-order valence-corrected chi connectivity index (χ2v) is 15.5. The Balaban J connectivity index is 1.78. The van der Waals surface area contributed by atoms with E-state index in [1.807, 2.05) is 35.9 Å². The second-order valence-electron chi connectivity index (χ2n) is 9.04. The minimum absolute atomic E-state index is 0.259. The predicted molar refractivity (Wildman–Crippen MR) is 165 cm³/mol. The van der Waals surface area contributed by atoms with Crippen molar-refractivity contribution in [2.75, 3.05) is 24.0 Å². The van der Waals surface area contributed by atoms with Gasteiger partial charge < -0.3 is 9.45 Å². The van der Waals surface area contributed by atoms with E-state index >= 15 is 0 Å². The van der Waals surface area contributed by atoms with Gasteiger partial charge in [0.1, 0.15) is 11.2 Å². The molecule has 4 rings (SSSR count). The molecule has 0 bridgehead atoms. The molecule has 1 aliphatic rings. The highest BCUT2D eigenvalue weighted by Gasteiger charge is 2.29. The third-order valence-corrected chi connectivity index (χ3v) is 9.41. The highest BCUT2D eigenvalue weighted by Crippen LogP contribution is 2.47. The molecule has 16 heteroatoms. The van der Waals surface area contributed by atoms with E-state index in [1.165, 1.54) is 23.1 Å². The molecule has 0 spiro atoms. The summed E-state index contributed by atoms with van der Waals surface area (Å²) >= 11 is 15.3. The van der Waals surface area contributed by atoms with E-state index in [2.05, 4.69) is 4.36 Å². The maximum atomic E-state index is 12.6. The number of amides is 2. The van der Waals surface area contributed by atoms with Gasteiger partial charge in [-0.25, -0.2) is 17.3 Å². The van der Waals surface area contributed by atoms with Crippen molar-refractivity contribution < 1.29 is 31.3 Å². The number of aromatic nitrogens is 1. The number of fused-ring (bicyclic) bond motifs is 2. The molecule has 0 fully saturated rings. The van der Waals surface area contributed by atoms with Gasteiger partial charge in [-0.2, -0.15) is 4.57 Å². The van der Waals surface area contributed by atoms with Gasteiger partial charge in [0.2, 0.25) is 22.1 Å². The fraction of sp³-hybridized carbons (Fsp3) is 0.240. The number of carbonyl (C=O) groups is 2. The summed E-state index contributed by atoms with van der Waals surface area (Å²) in [6, 6.07) is 10.5. The van der Waals surface area contributed by atoms with E-state index in [0.717, 1.165) is 27.7 Å². The average Bonchev–Trinajstić information content (AvgIpc) is 3.33. The predicted octanol–water partition coefficient (Wildman–Crippen LogP) is 4.92. The van der Waals surface area contributed by atoms with E-state index < -0.39 is 31.8 Å². The van der Waals surface area contributed by atoms with Crippen molar-refractivity contribution in [3.05, 3.63) is 68.1 Å². The zero-order valence-corrected chi connectivity index (χ0v) is 26.7. The first-order valence-electron chi connectivity index (χ1n) is 11.9. The maximum absolute atomic E-state index is 12.6. The third-order valence-electron chi connectivity index (χ3n) is 5.58. The number of nitrogens with zero attached hydrogens (tertiary/aromatic N) is 3. The van der Waals surface area contributed by atoms with Crippen molar-refractivity contribution in [1.82, 2.24) is 4.72 Å². The Hall–Kier alpha value is -2.46. The molecule has 3 aromatic rings. The first kappa shape index (κ1) is 31.5. The van der Waals surface area contributed by atoms with Gasteiger partial charge in [0.25, 0.3) is 16.8 Å². The van der Waals surface area contributed by atoms with Gasteiger partial charge in [-0.1, -0.05) is 53.2 Å². The first-order valence-corrected chi connectivity index (χ1v) is 18.0. The third kappa shape index (κ3) is 8.31. The van der Waals surface area contributed by atoms with E-state index in [-0.39, 0.29) is 13.1 Å². The molecule has 0 saturated carbocycles. The maximum Gasteiger partial charge on any atom is 0.299 e. The lowest BCUT2D eigenvalue weighted by molar-refractivity contribution is -0.655. The van der Waals surface area contributed by atoms with Crippen molar-refractivity contribution in [2.45, 2.75) is 24.8 Å². The Morgan fingerprint density at radius 1 is 1.12 bits per heavy atom. The Kier molecular flexibility index (Phi) is 9.53. The van der Waals surface area contributed by atoms with Crippen LogP contribution in [0.4, 0.5) is 5.69 Å². The normalized spacial score (nSPS) is 16.1. The van der Waals surface area contributed by atoms with Crippen molar-refractivity contribution in [3.8, 4) is 0 Å². The zero-order valence-electron chi connectivity index (χ0n) is 22.0. The molecule has 2 N–H and O–H groups in total. The number of hydrogen-bond donors (Lipinski definition) is 2. The van der Waals surface area contributed by atoms with Gasteiger partial charge in [-0.05, 0) is 48.4 Å². The topological polar surface area (TPSA) is 137 Å². The number of benzene rings is 2. The monoisotopic (exact) mass is 675 g/mol. The summed E-state index contributed by atoms with van der Waals surface area (Å²) in [6.45, 7) is 1.41. The van der Waals surface area contributed by atoms with Crippen LogP contribution in [0.5, 0.6) is 0 Å². The van der Waals surface area contributed by atoms with Crippen LogP contribution in [0.15, 0.2) is 62.3 Å². The number of halogens is 2. The molecular weight excluding hydrogens is 651 g/mol. The van der Waals surface area contributed by atoms with Crippen LogP contribution in [0.25, 0.3) is 16.3 Å². The summed E-state index contributed by atoms with van der Waals surface area (Å²) in [7, 11) is -7.37. The van der Waals surface area contributed by atoms with Crippen LogP contribution in [0, 0.1) is 0 Å². The van der Waals surface area contributed by atoms with Crippen LogP contribution >= 0.6 is 46.3 Å². The smallest absolute Gasteiger partial charge is 0.299 e. The lowest BCUT2D eigenvalue weighted by Gasteiger charge is -2.19. The van der Waals surface area contributed by atoms with Gasteiger partial charge in [0, 0.05) is 33.3 Å². The summed E-state index contributed by atoms with van der Waals surface area (Å²) in [5.74, 6) is -1.47. The highest BCUT2D eigenvalue weighted by molar-refractivity contribution is 8.03. The number of sulfonamides is 1. The number of allylic oxidation sites excluding steroid dienone is 2. The molecule has 1 atom stereocenters. The highest BCUT2D eigenvalue weighted by atomic mass is 35.5. The molecule has 2 amide bonds. The number of carbonyl (C=O) groups excluding carboxylic acids is 2. The molecule has 2 heterocycles. The Bertz CT molecular complexity index is 1850. The quantitative estimate of drug-likeness (QED) is 0.321. The van der Waals surface area contributed by atoms with Crippen molar-refractivity contribution in [1.29, 1.82) is 0 Å². The lowest BCUT2D eigenvalue weighted by atomic mass is 10.2. The molecular formula is C25H25Cl2N4O6S4+. The fourth-order valence-corrected chi connectivity index (χ4v) is 7.47. The summed E-state index contributed by atoms with van der Waals surface area (Å²) in [5.41, 5.74) is 2.16. The first-order chi connectivity index (χ1) is 19.1. The summed E-state index contributed by atoms with van der Waals surface area (Å²) in [6.07, 6.45) is 6.21. The molecule has 1 aromatic heterocycles. The molecule has 1 aliphatic heterocycles. The van der Waals surface area contributed by atoms with E-state index in [0.29, 0.717) is 37.7 Å². The number of anilines is 1. The zero-order chi connectivity index (χ0) is 30.1.